The Kier molecular flexibility index (Phi) is 11.9. The van der Waals surface area contributed by atoms with Crippen molar-refractivity contribution in [2.24, 2.45) is 5.92 Å². The van der Waals surface area contributed by atoms with Gasteiger partial charge in [0, 0.05) is 13.0 Å². The first-order chi connectivity index (χ1) is 9.87. The number of nitrogens with one attached hydrogen (secondary N) is 1. The van der Waals surface area contributed by atoms with Gasteiger partial charge in [-0.2, -0.15) is 0 Å². The van der Waals surface area contributed by atoms with Gasteiger partial charge in [0.1, 0.15) is 5.78 Å². The summed E-state index contributed by atoms with van der Waals surface area (Å²) < 4.78 is 6.02. The number of ether oxygens (including phenoxy) is 1. The summed E-state index contributed by atoms with van der Waals surface area (Å²) in [6.07, 6.45) is 9.02. The Morgan fingerprint density at radius 2 is 1.81 bits per heavy atom. The van der Waals surface area contributed by atoms with Crippen molar-refractivity contribution in [1.82, 2.24) is 5.32 Å². The van der Waals surface area contributed by atoms with Gasteiger partial charge >= 0.3 is 0 Å². The molecule has 1 unspecified atom stereocenters. The minimum atomic E-state index is -0.0269. The van der Waals surface area contributed by atoms with Crippen molar-refractivity contribution in [3.05, 3.63) is 0 Å². The predicted octanol–water partition coefficient (Wildman–Crippen LogP) is 4.35. The van der Waals surface area contributed by atoms with Gasteiger partial charge in [-0.1, -0.05) is 32.6 Å². The van der Waals surface area contributed by atoms with Crippen LogP contribution >= 0.6 is 0 Å². The molecule has 1 atom stereocenters. The lowest BCUT2D eigenvalue weighted by Crippen LogP contribution is -2.25. The molecule has 1 N–H and O–H groups in total. The van der Waals surface area contributed by atoms with Gasteiger partial charge in [0.15, 0.2) is 0 Å². The lowest BCUT2D eigenvalue weighted by Gasteiger charge is -2.26. The first kappa shape index (κ1) is 20.6. The minimum absolute atomic E-state index is 0.0269. The van der Waals surface area contributed by atoms with Crippen molar-refractivity contribution >= 4 is 5.78 Å². The molecule has 0 aliphatic rings. The van der Waals surface area contributed by atoms with Crippen LogP contribution in [0.4, 0.5) is 0 Å². The molecular weight excluding hydrogens is 262 g/mol. The van der Waals surface area contributed by atoms with Crippen LogP contribution in [0.3, 0.4) is 0 Å². The van der Waals surface area contributed by atoms with Crippen LogP contribution in [0.5, 0.6) is 0 Å². The van der Waals surface area contributed by atoms with E-state index in [9.17, 15) is 4.79 Å². The molecule has 0 saturated heterocycles. The molecule has 0 saturated carbocycles. The smallest absolute Gasteiger partial charge is 0.130 e. The normalized spacial score (nSPS) is 13.4. The monoisotopic (exact) mass is 299 g/mol. The van der Waals surface area contributed by atoms with Crippen molar-refractivity contribution < 1.29 is 9.53 Å². The highest BCUT2D eigenvalue weighted by atomic mass is 16.5. The number of Topliss-reactive ketones (excluding diaryl/α,β-unsaturated/α-hetero) is 1. The van der Waals surface area contributed by atoms with Crippen molar-refractivity contribution in [2.75, 3.05) is 20.2 Å². The number of ketones is 1. The Bertz CT molecular complexity index is 264. The third kappa shape index (κ3) is 14.3. The number of rotatable bonds is 14. The summed E-state index contributed by atoms with van der Waals surface area (Å²) >= 11 is 0. The van der Waals surface area contributed by atoms with E-state index in [4.69, 9.17) is 4.74 Å². The van der Waals surface area contributed by atoms with Crippen LogP contribution in [-0.4, -0.2) is 31.6 Å². The van der Waals surface area contributed by atoms with Gasteiger partial charge in [0.25, 0.3) is 0 Å². The highest BCUT2D eigenvalue weighted by Gasteiger charge is 2.18. The number of unbranched alkanes of at least 4 members (excludes halogenated alkanes) is 3. The van der Waals surface area contributed by atoms with Crippen LogP contribution in [0.2, 0.25) is 0 Å². The lowest BCUT2D eigenvalue weighted by atomic mass is 9.94. The Labute approximate surface area is 132 Å². The fraction of sp³-hybridized carbons (Fsp3) is 0.944. The van der Waals surface area contributed by atoms with Crippen molar-refractivity contribution in [3.8, 4) is 0 Å². The van der Waals surface area contributed by atoms with Crippen molar-refractivity contribution in [3.63, 3.8) is 0 Å². The number of carbonyl (C=O) groups excluding carboxylic acids is 1. The largest absolute Gasteiger partial charge is 0.376 e. The van der Waals surface area contributed by atoms with E-state index in [0.29, 0.717) is 18.1 Å². The molecule has 0 bridgehead atoms. The van der Waals surface area contributed by atoms with Crippen LogP contribution in [0.25, 0.3) is 0 Å². The van der Waals surface area contributed by atoms with Gasteiger partial charge in [-0.05, 0) is 59.5 Å². The SMILES string of the molecule is CNCCCCCCOC(C)(C)CCCC(C)CC(C)=O. The highest BCUT2D eigenvalue weighted by molar-refractivity contribution is 5.75. The van der Waals surface area contributed by atoms with Crippen LogP contribution in [0, 0.1) is 5.92 Å². The van der Waals surface area contributed by atoms with E-state index in [1.165, 1.54) is 19.3 Å². The maximum absolute atomic E-state index is 11.1. The third-order valence-corrected chi connectivity index (χ3v) is 3.93. The lowest BCUT2D eigenvalue weighted by molar-refractivity contribution is -0.117. The van der Waals surface area contributed by atoms with Crippen LogP contribution in [-0.2, 0) is 9.53 Å². The van der Waals surface area contributed by atoms with E-state index < -0.39 is 0 Å². The quantitative estimate of drug-likeness (QED) is 0.485. The fourth-order valence-electron chi connectivity index (χ4n) is 2.65. The van der Waals surface area contributed by atoms with Crippen molar-refractivity contribution in [2.45, 2.75) is 84.7 Å². The molecule has 0 aliphatic carbocycles. The Morgan fingerprint density at radius 3 is 2.43 bits per heavy atom. The van der Waals surface area contributed by atoms with E-state index >= 15 is 0 Å². The number of hydrogen-bond donors (Lipinski definition) is 1. The topological polar surface area (TPSA) is 38.3 Å². The molecule has 0 fully saturated rings. The summed E-state index contributed by atoms with van der Waals surface area (Å²) in [6.45, 7) is 10.2. The van der Waals surface area contributed by atoms with Gasteiger partial charge in [0.05, 0.1) is 5.60 Å². The first-order valence-electron chi connectivity index (χ1n) is 8.65. The molecule has 0 amide bonds. The molecule has 3 heteroatoms. The summed E-state index contributed by atoms with van der Waals surface area (Å²) in [7, 11) is 2.00. The Hall–Kier alpha value is -0.410. The fourth-order valence-corrected chi connectivity index (χ4v) is 2.65. The maximum atomic E-state index is 11.1. The molecule has 0 aromatic heterocycles. The molecular formula is C18H37NO2. The second kappa shape index (κ2) is 12.2. The zero-order valence-electron chi connectivity index (χ0n) is 15.0. The average Bonchev–Trinajstić information content (AvgIpc) is 2.36. The third-order valence-electron chi connectivity index (χ3n) is 3.93. The first-order valence-corrected chi connectivity index (χ1v) is 8.65. The van der Waals surface area contributed by atoms with Gasteiger partial charge in [-0.25, -0.2) is 0 Å². The zero-order valence-corrected chi connectivity index (χ0v) is 15.0. The standard InChI is InChI=1S/C18H37NO2/c1-16(15-17(2)20)11-10-12-18(3,4)21-14-9-7-6-8-13-19-5/h16,19H,6-15H2,1-5H3. The van der Waals surface area contributed by atoms with E-state index in [2.05, 4.69) is 26.1 Å². The zero-order chi connectivity index (χ0) is 16.1. The van der Waals surface area contributed by atoms with E-state index in [-0.39, 0.29) is 5.60 Å². The van der Waals surface area contributed by atoms with E-state index in [1.807, 2.05) is 7.05 Å². The summed E-state index contributed by atoms with van der Waals surface area (Å²) in [5, 5.41) is 3.17. The summed E-state index contributed by atoms with van der Waals surface area (Å²) in [6, 6.07) is 0. The molecule has 0 aliphatic heterocycles. The number of carbonyl (C=O) groups is 1. The van der Waals surface area contributed by atoms with E-state index in [0.717, 1.165) is 38.8 Å². The van der Waals surface area contributed by atoms with Crippen LogP contribution < -0.4 is 5.32 Å². The van der Waals surface area contributed by atoms with Gasteiger partial charge in [-0.3, -0.25) is 0 Å². The Balaban J connectivity index is 3.57. The van der Waals surface area contributed by atoms with Crippen LogP contribution in [0.15, 0.2) is 0 Å². The average molecular weight is 299 g/mol. The second-order valence-electron chi connectivity index (χ2n) is 7.03. The van der Waals surface area contributed by atoms with Crippen molar-refractivity contribution in [1.29, 1.82) is 0 Å². The van der Waals surface area contributed by atoms with E-state index in [1.54, 1.807) is 6.92 Å². The summed E-state index contributed by atoms with van der Waals surface area (Å²) in [4.78, 5) is 11.1. The molecule has 0 heterocycles. The molecule has 21 heavy (non-hydrogen) atoms. The molecule has 0 aromatic carbocycles. The number of hydrogen-bond acceptors (Lipinski definition) is 3. The second-order valence-corrected chi connectivity index (χ2v) is 7.03. The summed E-state index contributed by atoms with van der Waals surface area (Å²) in [5.74, 6) is 0.807. The molecule has 0 aromatic rings. The summed E-state index contributed by atoms with van der Waals surface area (Å²) in [5.41, 5.74) is -0.0269. The molecule has 0 rings (SSSR count). The Morgan fingerprint density at radius 1 is 1.14 bits per heavy atom. The van der Waals surface area contributed by atoms with Crippen LogP contribution in [0.1, 0.15) is 79.1 Å². The highest BCUT2D eigenvalue weighted by Crippen LogP contribution is 2.21. The minimum Gasteiger partial charge on any atom is -0.376 e. The maximum Gasteiger partial charge on any atom is 0.130 e. The van der Waals surface area contributed by atoms with Gasteiger partial charge in [0.2, 0.25) is 0 Å². The molecule has 0 radical (unpaired) electrons. The predicted molar refractivity (Wildman–Crippen MR) is 90.7 cm³/mol. The molecule has 3 nitrogen and oxygen atoms in total. The van der Waals surface area contributed by atoms with Gasteiger partial charge in [-0.15, -0.1) is 0 Å². The molecule has 0 spiro atoms. The van der Waals surface area contributed by atoms with Gasteiger partial charge < -0.3 is 14.8 Å². The molecule has 126 valence electrons.